The molecule has 2 N–H and O–H groups in total. The molecule has 0 bridgehead atoms. The predicted octanol–water partition coefficient (Wildman–Crippen LogP) is 1.17. The average Bonchev–Trinajstić information content (AvgIpc) is 2.73. The molecule has 0 fully saturated rings. The Morgan fingerprint density at radius 2 is 2.30 bits per heavy atom. The van der Waals surface area contributed by atoms with Crippen molar-refractivity contribution in [3.63, 3.8) is 0 Å². The molecule has 6 heteroatoms. The summed E-state index contributed by atoms with van der Waals surface area (Å²) < 4.78 is 1.70. The smallest absolute Gasteiger partial charge is 0.253 e. The first-order valence-corrected chi connectivity index (χ1v) is 6.77. The van der Waals surface area contributed by atoms with Gasteiger partial charge in [0.05, 0.1) is 11.3 Å². The number of rotatable bonds is 5. The van der Waals surface area contributed by atoms with E-state index in [1.165, 1.54) is 0 Å². The summed E-state index contributed by atoms with van der Waals surface area (Å²) in [5.74, 6) is -0.164. The van der Waals surface area contributed by atoms with Crippen molar-refractivity contribution in [3.8, 4) is 0 Å². The molecule has 1 amide bonds. The second kappa shape index (κ2) is 6.00. The fraction of sp³-hybridized carbons (Fsp3) is 0.500. The molecule has 0 spiro atoms. The summed E-state index contributed by atoms with van der Waals surface area (Å²) in [6.07, 6.45) is 2.90. The summed E-state index contributed by atoms with van der Waals surface area (Å²) in [5, 5.41) is 17.0. The number of nitrogens with one attached hydrogen (secondary N) is 1. The average molecular weight is 276 g/mol. The van der Waals surface area contributed by atoms with Crippen molar-refractivity contribution in [2.24, 2.45) is 7.05 Å². The molecule has 0 saturated carbocycles. The third-order valence-corrected chi connectivity index (χ3v) is 3.43. The number of aliphatic hydroxyl groups excluding tert-OH is 1. The summed E-state index contributed by atoms with van der Waals surface area (Å²) in [6, 6.07) is 1.80. The van der Waals surface area contributed by atoms with Gasteiger partial charge in [-0.2, -0.15) is 5.10 Å². The number of amides is 1. The predicted molar refractivity (Wildman–Crippen MR) is 76.5 cm³/mol. The first kappa shape index (κ1) is 14.5. The van der Waals surface area contributed by atoms with E-state index in [9.17, 15) is 4.79 Å². The number of aliphatic hydroxyl groups is 1. The fourth-order valence-electron chi connectivity index (χ4n) is 2.23. The maximum atomic E-state index is 12.2. The van der Waals surface area contributed by atoms with Gasteiger partial charge >= 0.3 is 0 Å². The van der Waals surface area contributed by atoms with Gasteiger partial charge in [-0.05, 0) is 25.8 Å². The fourth-order valence-corrected chi connectivity index (χ4v) is 2.23. The van der Waals surface area contributed by atoms with Gasteiger partial charge in [0.25, 0.3) is 5.91 Å². The number of carbonyl (C=O) groups excluding carboxylic acids is 1. The number of carbonyl (C=O) groups is 1. The van der Waals surface area contributed by atoms with Crippen LogP contribution in [0, 0.1) is 6.92 Å². The molecule has 0 aromatic carbocycles. The summed E-state index contributed by atoms with van der Waals surface area (Å²) >= 11 is 0. The molecule has 6 nitrogen and oxygen atoms in total. The Bertz CT molecular complexity index is 621. The van der Waals surface area contributed by atoms with E-state index in [2.05, 4.69) is 15.4 Å². The van der Waals surface area contributed by atoms with Crippen molar-refractivity contribution in [2.45, 2.75) is 32.7 Å². The number of aromatic nitrogens is 3. The topological polar surface area (TPSA) is 80.0 Å². The number of fused-ring (bicyclic) bond motifs is 1. The SMILES string of the molecule is CCC(CCO)NC(=O)c1cnc2c(c1)c(C)nn2C. The van der Waals surface area contributed by atoms with E-state index < -0.39 is 0 Å². The molecule has 108 valence electrons. The van der Waals surface area contributed by atoms with Gasteiger partial charge in [0.2, 0.25) is 0 Å². The van der Waals surface area contributed by atoms with Crippen molar-refractivity contribution < 1.29 is 9.90 Å². The Hall–Kier alpha value is -1.95. The van der Waals surface area contributed by atoms with Gasteiger partial charge in [-0.25, -0.2) is 4.98 Å². The molecule has 2 rings (SSSR count). The molecule has 2 aromatic rings. The van der Waals surface area contributed by atoms with Crippen molar-refractivity contribution in [1.29, 1.82) is 0 Å². The van der Waals surface area contributed by atoms with E-state index in [1.54, 1.807) is 10.9 Å². The standard InChI is InChI=1S/C14H20N4O2/c1-4-11(5-6-19)16-14(20)10-7-12-9(2)17-18(3)13(12)15-8-10/h7-8,11,19H,4-6H2,1-3H3,(H,16,20). The lowest BCUT2D eigenvalue weighted by atomic mass is 10.1. The van der Waals surface area contributed by atoms with Crippen LogP contribution in [0.15, 0.2) is 12.3 Å². The quantitative estimate of drug-likeness (QED) is 0.859. The molecule has 20 heavy (non-hydrogen) atoms. The summed E-state index contributed by atoms with van der Waals surface area (Å²) in [4.78, 5) is 16.5. The minimum Gasteiger partial charge on any atom is -0.396 e. The lowest BCUT2D eigenvalue weighted by Gasteiger charge is -2.15. The van der Waals surface area contributed by atoms with Gasteiger partial charge in [-0.15, -0.1) is 0 Å². The van der Waals surface area contributed by atoms with Crippen LogP contribution in [0.25, 0.3) is 11.0 Å². The minimum atomic E-state index is -0.164. The van der Waals surface area contributed by atoms with Crippen LogP contribution >= 0.6 is 0 Å². The van der Waals surface area contributed by atoms with Crippen LogP contribution in [0.1, 0.15) is 35.8 Å². The van der Waals surface area contributed by atoms with Gasteiger partial charge in [0, 0.05) is 31.3 Å². The van der Waals surface area contributed by atoms with Crippen molar-refractivity contribution >= 4 is 16.9 Å². The molecule has 2 heterocycles. The van der Waals surface area contributed by atoms with E-state index in [0.29, 0.717) is 12.0 Å². The van der Waals surface area contributed by atoms with Gasteiger partial charge < -0.3 is 10.4 Å². The Labute approximate surface area is 117 Å². The van der Waals surface area contributed by atoms with Gasteiger partial charge in [0.1, 0.15) is 0 Å². The van der Waals surface area contributed by atoms with Gasteiger partial charge in [-0.3, -0.25) is 9.48 Å². The zero-order chi connectivity index (χ0) is 14.7. The van der Waals surface area contributed by atoms with Crippen molar-refractivity contribution in [2.75, 3.05) is 6.61 Å². The summed E-state index contributed by atoms with van der Waals surface area (Å²) in [6.45, 7) is 3.94. The first-order valence-electron chi connectivity index (χ1n) is 6.77. The Morgan fingerprint density at radius 1 is 1.55 bits per heavy atom. The normalized spacial score (nSPS) is 12.6. The van der Waals surface area contributed by atoms with Crippen LogP contribution in [-0.2, 0) is 7.05 Å². The van der Waals surface area contributed by atoms with E-state index in [4.69, 9.17) is 5.11 Å². The number of hydrogen-bond donors (Lipinski definition) is 2. The van der Waals surface area contributed by atoms with Crippen LogP contribution in [0.4, 0.5) is 0 Å². The number of nitrogens with zero attached hydrogens (tertiary/aromatic N) is 3. The third-order valence-electron chi connectivity index (χ3n) is 3.43. The molecule has 2 aromatic heterocycles. The third kappa shape index (κ3) is 2.80. The van der Waals surface area contributed by atoms with Crippen LogP contribution in [0.5, 0.6) is 0 Å². The molecular weight excluding hydrogens is 256 g/mol. The second-order valence-corrected chi connectivity index (χ2v) is 4.90. The monoisotopic (exact) mass is 276 g/mol. The highest BCUT2D eigenvalue weighted by molar-refractivity contribution is 5.97. The summed E-state index contributed by atoms with van der Waals surface area (Å²) in [5.41, 5.74) is 2.14. The van der Waals surface area contributed by atoms with Crippen LogP contribution in [0.3, 0.4) is 0 Å². The molecule has 0 aliphatic heterocycles. The molecule has 1 unspecified atom stereocenters. The second-order valence-electron chi connectivity index (χ2n) is 4.90. The Kier molecular flexibility index (Phi) is 4.34. The number of aryl methyl sites for hydroxylation is 2. The highest BCUT2D eigenvalue weighted by atomic mass is 16.3. The van der Waals surface area contributed by atoms with E-state index in [1.807, 2.05) is 27.0 Å². The zero-order valence-corrected chi connectivity index (χ0v) is 12.1. The molecular formula is C14H20N4O2. The molecule has 0 radical (unpaired) electrons. The van der Waals surface area contributed by atoms with Crippen LogP contribution in [0.2, 0.25) is 0 Å². The van der Waals surface area contributed by atoms with E-state index >= 15 is 0 Å². The van der Waals surface area contributed by atoms with Crippen LogP contribution in [-0.4, -0.2) is 38.4 Å². The molecule has 0 aliphatic rings. The maximum absolute atomic E-state index is 12.2. The lowest BCUT2D eigenvalue weighted by Crippen LogP contribution is -2.35. The van der Waals surface area contributed by atoms with Crippen molar-refractivity contribution in [3.05, 3.63) is 23.5 Å². The highest BCUT2D eigenvalue weighted by Gasteiger charge is 2.14. The summed E-state index contributed by atoms with van der Waals surface area (Å²) in [7, 11) is 1.83. The molecule has 0 aliphatic carbocycles. The maximum Gasteiger partial charge on any atom is 0.253 e. The number of hydrogen-bond acceptors (Lipinski definition) is 4. The zero-order valence-electron chi connectivity index (χ0n) is 12.1. The van der Waals surface area contributed by atoms with E-state index in [-0.39, 0.29) is 18.6 Å². The van der Waals surface area contributed by atoms with E-state index in [0.717, 1.165) is 23.1 Å². The Morgan fingerprint density at radius 3 is 2.95 bits per heavy atom. The van der Waals surface area contributed by atoms with Gasteiger partial charge in [-0.1, -0.05) is 6.92 Å². The van der Waals surface area contributed by atoms with Gasteiger partial charge in [0.15, 0.2) is 5.65 Å². The molecule has 1 atom stereocenters. The largest absolute Gasteiger partial charge is 0.396 e. The minimum absolute atomic E-state index is 0.0156. The first-order chi connectivity index (χ1) is 9.56. The number of pyridine rings is 1. The molecule has 0 saturated heterocycles. The van der Waals surface area contributed by atoms with Crippen LogP contribution < -0.4 is 5.32 Å². The lowest BCUT2D eigenvalue weighted by molar-refractivity contribution is 0.0929. The Balaban J connectivity index is 2.24. The van der Waals surface area contributed by atoms with Crippen molar-refractivity contribution in [1.82, 2.24) is 20.1 Å². The highest BCUT2D eigenvalue weighted by Crippen LogP contribution is 2.16.